The summed E-state index contributed by atoms with van der Waals surface area (Å²) in [5, 5.41) is 0. The topological polar surface area (TPSA) is 0 Å². The van der Waals surface area contributed by atoms with E-state index in [2.05, 4.69) is 18.7 Å². The lowest BCUT2D eigenvalue weighted by Crippen LogP contribution is -2.15. The molecule has 3 atom stereocenters. The lowest BCUT2D eigenvalue weighted by atomic mass is 9.85. The summed E-state index contributed by atoms with van der Waals surface area (Å²) in [6, 6.07) is 0. The van der Waals surface area contributed by atoms with Gasteiger partial charge in [-0.25, -0.2) is 0 Å². The van der Waals surface area contributed by atoms with Gasteiger partial charge < -0.3 is 0 Å². The molecule has 1 saturated carbocycles. The first-order valence-electron chi connectivity index (χ1n) is 4.95. The Kier molecular flexibility index (Phi) is 2.45. The Morgan fingerprint density at radius 1 is 1.18 bits per heavy atom. The van der Waals surface area contributed by atoms with E-state index in [0.29, 0.717) is 0 Å². The van der Waals surface area contributed by atoms with Crippen LogP contribution >= 0.6 is 11.8 Å². The van der Waals surface area contributed by atoms with Gasteiger partial charge in [0.2, 0.25) is 0 Å². The Morgan fingerprint density at radius 3 is 3.00 bits per heavy atom. The van der Waals surface area contributed by atoms with Crippen molar-refractivity contribution in [2.45, 2.75) is 32.6 Å². The number of hydrogen-bond donors (Lipinski definition) is 0. The summed E-state index contributed by atoms with van der Waals surface area (Å²) in [6.45, 7) is 2.46. The third kappa shape index (κ3) is 1.58. The van der Waals surface area contributed by atoms with E-state index >= 15 is 0 Å². The summed E-state index contributed by atoms with van der Waals surface area (Å²) in [7, 11) is 0. The smallest absolute Gasteiger partial charge is 0.00390 e. The highest BCUT2D eigenvalue weighted by Crippen LogP contribution is 2.42. The summed E-state index contributed by atoms with van der Waals surface area (Å²) in [5.41, 5.74) is 0. The quantitative estimate of drug-likeness (QED) is 0.538. The maximum atomic E-state index is 2.46. The van der Waals surface area contributed by atoms with Gasteiger partial charge in [0.25, 0.3) is 0 Å². The van der Waals surface area contributed by atoms with Crippen LogP contribution in [0, 0.1) is 17.8 Å². The van der Waals surface area contributed by atoms with Crippen molar-refractivity contribution in [3.63, 3.8) is 0 Å². The second-order valence-corrected chi connectivity index (χ2v) is 5.35. The Hall–Kier alpha value is 0.350. The van der Waals surface area contributed by atoms with Crippen LogP contribution in [-0.2, 0) is 0 Å². The monoisotopic (exact) mass is 170 g/mol. The van der Waals surface area contributed by atoms with Crippen LogP contribution in [0.4, 0.5) is 0 Å². The molecule has 0 radical (unpaired) electrons. The van der Waals surface area contributed by atoms with Crippen molar-refractivity contribution in [1.82, 2.24) is 0 Å². The minimum Gasteiger partial charge on any atom is -0.162 e. The highest BCUT2D eigenvalue weighted by molar-refractivity contribution is 7.99. The molecule has 2 rings (SSSR count). The molecule has 1 aliphatic carbocycles. The predicted octanol–water partition coefficient (Wildman–Crippen LogP) is 3.18. The van der Waals surface area contributed by atoms with Gasteiger partial charge >= 0.3 is 0 Å². The van der Waals surface area contributed by atoms with Crippen molar-refractivity contribution < 1.29 is 0 Å². The highest BCUT2D eigenvalue weighted by atomic mass is 32.2. The zero-order chi connectivity index (χ0) is 7.68. The maximum Gasteiger partial charge on any atom is -0.00390 e. The van der Waals surface area contributed by atoms with E-state index in [1.165, 1.54) is 37.2 Å². The number of rotatable bonds is 0. The van der Waals surface area contributed by atoms with E-state index in [4.69, 9.17) is 0 Å². The Morgan fingerprint density at radius 2 is 2.09 bits per heavy atom. The normalized spacial score (nSPS) is 45.0. The summed E-state index contributed by atoms with van der Waals surface area (Å²) in [4.78, 5) is 0. The average molecular weight is 170 g/mol. The molecule has 2 aliphatic rings. The Labute approximate surface area is 74.1 Å². The summed E-state index contributed by atoms with van der Waals surface area (Å²) in [5.74, 6) is 6.09. The molecule has 0 aromatic heterocycles. The van der Waals surface area contributed by atoms with Gasteiger partial charge in [-0.1, -0.05) is 19.8 Å². The van der Waals surface area contributed by atoms with E-state index in [1.807, 2.05) is 0 Å². The van der Waals surface area contributed by atoms with Gasteiger partial charge in [-0.05, 0) is 42.1 Å². The largest absolute Gasteiger partial charge is 0.162 e. The van der Waals surface area contributed by atoms with Crippen molar-refractivity contribution in [1.29, 1.82) is 0 Å². The first kappa shape index (κ1) is 7.97. The molecule has 0 aromatic carbocycles. The summed E-state index contributed by atoms with van der Waals surface area (Å²) >= 11 is 2.18. The van der Waals surface area contributed by atoms with Crippen LogP contribution in [0.1, 0.15) is 32.6 Å². The maximum absolute atomic E-state index is 2.46. The van der Waals surface area contributed by atoms with Crippen LogP contribution in [0.2, 0.25) is 0 Å². The molecular formula is C10H18S. The van der Waals surface area contributed by atoms with Crippen molar-refractivity contribution >= 4 is 11.8 Å². The van der Waals surface area contributed by atoms with Crippen molar-refractivity contribution in [3.8, 4) is 0 Å². The molecule has 1 aliphatic heterocycles. The molecule has 0 amide bonds. The van der Waals surface area contributed by atoms with Gasteiger partial charge in [-0.2, -0.15) is 11.8 Å². The lowest BCUT2D eigenvalue weighted by Gasteiger charge is -2.21. The van der Waals surface area contributed by atoms with Crippen LogP contribution in [0.25, 0.3) is 0 Å². The van der Waals surface area contributed by atoms with E-state index in [0.717, 1.165) is 17.8 Å². The second kappa shape index (κ2) is 3.38. The summed E-state index contributed by atoms with van der Waals surface area (Å²) < 4.78 is 0. The predicted molar refractivity (Wildman–Crippen MR) is 51.9 cm³/mol. The van der Waals surface area contributed by atoms with Gasteiger partial charge in [-0.15, -0.1) is 0 Å². The van der Waals surface area contributed by atoms with Crippen LogP contribution < -0.4 is 0 Å². The van der Waals surface area contributed by atoms with Gasteiger partial charge in [-0.3, -0.25) is 0 Å². The Bertz CT molecular complexity index is 133. The van der Waals surface area contributed by atoms with Gasteiger partial charge in [0.05, 0.1) is 0 Å². The third-order valence-electron chi connectivity index (χ3n) is 3.46. The molecule has 11 heavy (non-hydrogen) atoms. The zero-order valence-electron chi connectivity index (χ0n) is 7.38. The van der Waals surface area contributed by atoms with Crippen molar-refractivity contribution in [3.05, 3.63) is 0 Å². The van der Waals surface area contributed by atoms with E-state index < -0.39 is 0 Å². The molecule has 3 unspecified atom stereocenters. The molecule has 2 fully saturated rings. The standard InChI is InChI=1S/C10H18S/c1-8-7-11-6-5-9-3-2-4-10(8)9/h8-10H,2-7H2,1H3. The fraction of sp³-hybridized carbons (Fsp3) is 1.00. The van der Waals surface area contributed by atoms with E-state index in [1.54, 1.807) is 0 Å². The van der Waals surface area contributed by atoms with Crippen LogP contribution in [0.3, 0.4) is 0 Å². The first-order chi connectivity index (χ1) is 5.38. The fourth-order valence-corrected chi connectivity index (χ4v) is 4.06. The first-order valence-corrected chi connectivity index (χ1v) is 6.11. The molecule has 1 saturated heterocycles. The second-order valence-electron chi connectivity index (χ2n) is 4.20. The lowest BCUT2D eigenvalue weighted by molar-refractivity contribution is 0.300. The summed E-state index contributed by atoms with van der Waals surface area (Å²) in [6.07, 6.45) is 6.10. The number of hydrogen-bond acceptors (Lipinski definition) is 1. The third-order valence-corrected chi connectivity index (χ3v) is 4.75. The number of thioether (sulfide) groups is 1. The zero-order valence-corrected chi connectivity index (χ0v) is 8.20. The Balaban J connectivity index is 2.03. The molecule has 0 bridgehead atoms. The molecule has 1 heterocycles. The number of fused-ring (bicyclic) bond motifs is 1. The van der Waals surface area contributed by atoms with Crippen LogP contribution in [-0.4, -0.2) is 11.5 Å². The van der Waals surface area contributed by atoms with Gasteiger partial charge in [0, 0.05) is 0 Å². The van der Waals surface area contributed by atoms with Crippen LogP contribution in [0.5, 0.6) is 0 Å². The molecule has 0 nitrogen and oxygen atoms in total. The molecule has 0 spiro atoms. The molecular weight excluding hydrogens is 152 g/mol. The SMILES string of the molecule is CC1CSCCC2CCCC12. The van der Waals surface area contributed by atoms with E-state index in [-0.39, 0.29) is 0 Å². The van der Waals surface area contributed by atoms with Gasteiger partial charge in [0.1, 0.15) is 0 Å². The molecule has 64 valence electrons. The average Bonchev–Trinajstić information content (AvgIpc) is 2.40. The van der Waals surface area contributed by atoms with Crippen molar-refractivity contribution in [2.75, 3.05) is 11.5 Å². The molecule has 0 aromatic rings. The fourth-order valence-electron chi connectivity index (χ4n) is 2.80. The van der Waals surface area contributed by atoms with Gasteiger partial charge in [0.15, 0.2) is 0 Å². The van der Waals surface area contributed by atoms with Crippen molar-refractivity contribution in [2.24, 2.45) is 17.8 Å². The van der Waals surface area contributed by atoms with Crippen LogP contribution in [0.15, 0.2) is 0 Å². The van der Waals surface area contributed by atoms with E-state index in [9.17, 15) is 0 Å². The minimum absolute atomic E-state index is 1.01. The highest BCUT2D eigenvalue weighted by Gasteiger charge is 2.32. The minimum atomic E-state index is 1.01. The molecule has 1 heteroatoms. The molecule has 0 N–H and O–H groups in total.